The van der Waals surface area contributed by atoms with Gasteiger partial charge in [0, 0.05) is 38.6 Å². The molecule has 1 unspecified atom stereocenters. The Bertz CT molecular complexity index is 687. The summed E-state index contributed by atoms with van der Waals surface area (Å²) in [6.45, 7) is 7.34. The van der Waals surface area contributed by atoms with Crippen LogP contribution in [0.2, 0.25) is 0 Å². The number of carbonyl (C=O) groups excluding carboxylic acids is 1. The fourth-order valence-corrected chi connectivity index (χ4v) is 4.05. The number of hydrogen-bond donors (Lipinski definition) is 2. The largest absolute Gasteiger partial charge is 0.493 e. The van der Waals surface area contributed by atoms with Crippen LogP contribution in [0.3, 0.4) is 0 Å². The number of ether oxygens (including phenoxy) is 1. The van der Waals surface area contributed by atoms with Gasteiger partial charge in [0.25, 0.3) is 0 Å². The maximum Gasteiger partial charge on any atom is 0.225 e. The predicted octanol–water partition coefficient (Wildman–Crippen LogP) is 3.80. The third-order valence-electron chi connectivity index (χ3n) is 5.74. The van der Waals surface area contributed by atoms with E-state index < -0.39 is 0 Å². The average molecular weight is 528 g/mol. The Morgan fingerprint density at radius 2 is 1.90 bits per heavy atom. The van der Waals surface area contributed by atoms with Gasteiger partial charge in [0.15, 0.2) is 5.96 Å². The molecule has 30 heavy (non-hydrogen) atoms. The van der Waals surface area contributed by atoms with E-state index in [-0.39, 0.29) is 35.9 Å². The number of aliphatic imine (C=N–C) groups is 1. The first kappa shape index (κ1) is 24.8. The summed E-state index contributed by atoms with van der Waals surface area (Å²) in [6, 6.07) is 8.44. The summed E-state index contributed by atoms with van der Waals surface area (Å²) >= 11 is 0. The van der Waals surface area contributed by atoms with Gasteiger partial charge in [-0.05, 0) is 42.9 Å². The standard InChI is InChI=1S/C23H36N4O2.HI/c1-17(2)16-29-21-10-8-18(9-11-21)14-25-23(24-3)26-20-12-13-27(15-20)22(28)19-6-4-5-7-19;/h8-11,17,19-20H,4-7,12-16H2,1-3H3,(H2,24,25,26);1H. The summed E-state index contributed by atoms with van der Waals surface area (Å²) in [5.41, 5.74) is 1.18. The molecule has 6 nitrogen and oxygen atoms in total. The average Bonchev–Trinajstić information content (AvgIpc) is 3.42. The Balaban J connectivity index is 0.00000320. The highest BCUT2D eigenvalue weighted by Crippen LogP contribution is 2.27. The summed E-state index contributed by atoms with van der Waals surface area (Å²) in [6.07, 6.45) is 5.51. The zero-order valence-electron chi connectivity index (χ0n) is 18.5. The van der Waals surface area contributed by atoms with Crippen molar-refractivity contribution in [3.8, 4) is 5.75 Å². The van der Waals surface area contributed by atoms with Crippen molar-refractivity contribution in [2.75, 3.05) is 26.7 Å². The second kappa shape index (κ2) is 12.4. The minimum atomic E-state index is 0. The number of guanidine groups is 1. The Hall–Kier alpha value is -1.51. The van der Waals surface area contributed by atoms with E-state index in [4.69, 9.17) is 4.74 Å². The molecule has 2 N–H and O–H groups in total. The first-order chi connectivity index (χ1) is 14.0. The number of nitrogens with zero attached hydrogens (tertiary/aromatic N) is 2. The topological polar surface area (TPSA) is 66.0 Å². The molecule has 1 saturated carbocycles. The van der Waals surface area contributed by atoms with Gasteiger partial charge in [0.1, 0.15) is 5.75 Å². The maximum absolute atomic E-state index is 12.6. The molecule has 1 saturated heterocycles. The number of rotatable bonds is 7. The fraction of sp³-hybridized carbons (Fsp3) is 0.652. The molecule has 3 rings (SSSR count). The van der Waals surface area contributed by atoms with Crippen molar-refractivity contribution in [1.82, 2.24) is 15.5 Å². The van der Waals surface area contributed by atoms with Crippen molar-refractivity contribution in [1.29, 1.82) is 0 Å². The summed E-state index contributed by atoms with van der Waals surface area (Å²) in [7, 11) is 1.79. The normalized spacial score (nSPS) is 19.7. The highest BCUT2D eigenvalue weighted by atomic mass is 127. The summed E-state index contributed by atoms with van der Waals surface area (Å²) in [5.74, 6) is 2.83. The van der Waals surface area contributed by atoms with Gasteiger partial charge in [-0.15, -0.1) is 24.0 Å². The molecule has 1 aliphatic heterocycles. The monoisotopic (exact) mass is 528 g/mol. The van der Waals surface area contributed by atoms with Gasteiger partial charge in [0.2, 0.25) is 5.91 Å². The molecule has 0 aromatic heterocycles. The molecule has 1 heterocycles. The summed E-state index contributed by atoms with van der Waals surface area (Å²) < 4.78 is 5.74. The third kappa shape index (κ3) is 7.32. The molecule has 0 bridgehead atoms. The lowest BCUT2D eigenvalue weighted by Gasteiger charge is -2.21. The first-order valence-electron chi connectivity index (χ1n) is 11.0. The summed E-state index contributed by atoms with van der Waals surface area (Å²) in [5, 5.41) is 6.85. The molecular weight excluding hydrogens is 491 g/mol. The van der Waals surface area contributed by atoms with Gasteiger partial charge in [-0.3, -0.25) is 9.79 Å². The van der Waals surface area contributed by atoms with Crippen LogP contribution in [0.1, 0.15) is 51.5 Å². The van der Waals surface area contributed by atoms with Crippen molar-refractivity contribution in [3.05, 3.63) is 29.8 Å². The smallest absolute Gasteiger partial charge is 0.225 e. The number of halogens is 1. The third-order valence-corrected chi connectivity index (χ3v) is 5.74. The van der Waals surface area contributed by atoms with Crippen LogP contribution in [0.25, 0.3) is 0 Å². The number of benzene rings is 1. The number of nitrogens with one attached hydrogen (secondary N) is 2. The van der Waals surface area contributed by atoms with Gasteiger partial charge in [0.05, 0.1) is 6.61 Å². The molecule has 2 aliphatic rings. The molecule has 1 amide bonds. The zero-order chi connectivity index (χ0) is 20.6. The van der Waals surface area contributed by atoms with Gasteiger partial charge in [-0.25, -0.2) is 0 Å². The SMILES string of the molecule is CN=C(NCc1ccc(OCC(C)C)cc1)NC1CCN(C(=O)C2CCCC2)C1.I. The molecule has 168 valence electrons. The van der Waals surface area contributed by atoms with Gasteiger partial charge in [-0.1, -0.05) is 38.8 Å². The highest BCUT2D eigenvalue weighted by Gasteiger charge is 2.32. The van der Waals surface area contributed by atoms with E-state index in [0.717, 1.165) is 50.7 Å². The minimum absolute atomic E-state index is 0. The lowest BCUT2D eigenvalue weighted by Crippen LogP contribution is -2.45. The van der Waals surface area contributed by atoms with Crippen molar-refractivity contribution in [2.24, 2.45) is 16.8 Å². The van der Waals surface area contributed by atoms with Crippen LogP contribution in [-0.4, -0.2) is 49.6 Å². The quantitative estimate of drug-likeness (QED) is 0.321. The molecule has 1 aromatic carbocycles. The van der Waals surface area contributed by atoms with Gasteiger partial charge in [-0.2, -0.15) is 0 Å². The van der Waals surface area contributed by atoms with E-state index in [0.29, 0.717) is 18.4 Å². The van der Waals surface area contributed by atoms with Crippen molar-refractivity contribution < 1.29 is 9.53 Å². The lowest BCUT2D eigenvalue weighted by atomic mass is 10.1. The van der Waals surface area contributed by atoms with E-state index in [1.807, 2.05) is 17.0 Å². The molecule has 1 aromatic rings. The van der Waals surface area contributed by atoms with E-state index in [1.165, 1.54) is 18.4 Å². The second-order valence-electron chi connectivity index (χ2n) is 8.67. The molecule has 0 spiro atoms. The Morgan fingerprint density at radius 3 is 2.53 bits per heavy atom. The van der Waals surface area contributed by atoms with Gasteiger partial charge < -0.3 is 20.3 Å². The van der Waals surface area contributed by atoms with Crippen LogP contribution in [-0.2, 0) is 11.3 Å². The highest BCUT2D eigenvalue weighted by molar-refractivity contribution is 14.0. The van der Waals surface area contributed by atoms with Crippen LogP contribution in [0, 0.1) is 11.8 Å². The summed E-state index contributed by atoms with van der Waals surface area (Å²) in [4.78, 5) is 19.0. The maximum atomic E-state index is 12.6. The Morgan fingerprint density at radius 1 is 1.20 bits per heavy atom. The van der Waals surface area contributed by atoms with E-state index >= 15 is 0 Å². The minimum Gasteiger partial charge on any atom is -0.493 e. The predicted molar refractivity (Wildman–Crippen MR) is 132 cm³/mol. The van der Waals surface area contributed by atoms with Crippen LogP contribution in [0.4, 0.5) is 0 Å². The zero-order valence-corrected chi connectivity index (χ0v) is 20.9. The van der Waals surface area contributed by atoms with E-state index in [2.05, 4.69) is 41.6 Å². The van der Waals surface area contributed by atoms with E-state index in [1.54, 1.807) is 7.05 Å². The number of carbonyl (C=O) groups is 1. The van der Waals surface area contributed by atoms with Crippen LogP contribution in [0.5, 0.6) is 5.75 Å². The van der Waals surface area contributed by atoms with E-state index in [9.17, 15) is 4.79 Å². The molecule has 7 heteroatoms. The van der Waals surface area contributed by atoms with Crippen molar-refractivity contribution in [3.63, 3.8) is 0 Å². The molecule has 1 aliphatic carbocycles. The van der Waals surface area contributed by atoms with Crippen molar-refractivity contribution >= 4 is 35.8 Å². The van der Waals surface area contributed by atoms with Crippen LogP contribution >= 0.6 is 24.0 Å². The second-order valence-corrected chi connectivity index (χ2v) is 8.67. The lowest BCUT2D eigenvalue weighted by molar-refractivity contribution is -0.134. The molecular formula is C23H37IN4O2. The fourth-order valence-electron chi connectivity index (χ4n) is 4.05. The first-order valence-corrected chi connectivity index (χ1v) is 11.0. The van der Waals surface area contributed by atoms with Crippen molar-refractivity contribution in [2.45, 2.75) is 58.5 Å². The Kier molecular flexibility index (Phi) is 10.2. The van der Waals surface area contributed by atoms with Crippen LogP contribution < -0.4 is 15.4 Å². The molecule has 2 fully saturated rings. The molecule has 1 atom stereocenters. The van der Waals surface area contributed by atoms with Crippen LogP contribution in [0.15, 0.2) is 29.3 Å². The molecule has 0 radical (unpaired) electrons. The Labute approximate surface area is 198 Å². The van der Waals surface area contributed by atoms with Gasteiger partial charge >= 0.3 is 0 Å². The number of likely N-dealkylation sites (tertiary alicyclic amines) is 1. The number of hydrogen-bond acceptors (Lipinski definition) is 3. The number of amides is 1.